The normalized spacial score (nSPS) is 9.38. The molecule has 0 spiro atoms. The van der Waals surface area contributed by atoms with Crippen molar-refractivity contribution in [2.45, 2.75) is 13.3 Å². The average Bonchev–Trinajstić information content (AvgIpc) is 1.38. The summed E-state index contributed by atoms with van der Waals surface area (Å²) < 4.78 is 0. The molecule has 1 radical (unpaired) electrons. The van der Waals surface area contributed by atoms with E-state index in [0.717, 1.165) is 6.42 Å². The minimum atomic E-state index is 0. The van der Waals surface area contributed by atoms with Crippen LogP contribution in [0.3, 0.4) is 0 Å². The maximum atomic E-state index is 3.69. The molecule has 0 aliphatic rings. The molecule has 0 heterocycles. The van der Waals surface area contributed by atoms with Gasteiger partial charge in [0.05, 0.1) is 0 Å². The summed E-state index contributed by atoms with van der Waals surface area (Å²) in [4.78, 5) is 0. The summed E-state index contributed by atoms with van der Waals surface area (Å²) in [6.45, 7) is 9.37. The molecule has 0 saturated carbocycles. The molecule has 0 bridgehead atoms. The summed E-state index contributed by atoms with van der Waals surface area (Å²) in [6.07, 6.45) is 0.944. The second-order valence-electron chi connectivity index (χ2n) is 1.39. The fourth-order valence-corrected chi connectivity index (χ4v) is 0. The van der Waals surface area contributed by atoms with Gasteiger partial charge >= 0.3 is 32.7 Å². The molecule has 0 fully saturated rings. The van der Waals surface area contributed by atoms with Gasteiger partial charge in [-0.25, -0.2) is 12.3 Å². The van der Waals surface area contributed by atoms with E-state index < -0.39 is 0 Å². The zero-order chi connectivity index (χ0) is 4.28. The van der Waals surface area contributed by atoms with Crippen molar-refractivity contribution in [2.75, 3.05) is 0 Å². The Kier molecular flexibility index (Phi) is 45.2. The molecule has 0 unspecified atom stereocenters. The molecule has 0 nitrogen and oxygen atoms in total. The molecule has 0 N–H and O–H groups in total. The van der Waals surface area contributed by atoms with Crippen LogP contribution >= 0.6 is 0 Å². The molecule has 0 aliphatic carbocycles. The van der Waals surface area contributed by atoms with Crippen molar-refractivity contribution < 1.29 is 65.4 Å². The number of hydrogen-bond donors (Lipinski definition) is 0. The molecule has 0 saturated heterocycles. The van der Waals surface area contributed by atoms with Crippen LogP contribution in [-0.4, -0.2) is 0 Å². The average molecular weight is 263 g/mol. The molecule has 2 heteroatoms. The molecular weight excluding hydrogens is 250 g/mol. The number of hydrogen-bond acceptors (Lipinski definition) is 0. The van der Waals surface area contributed by atoms with Crippen LogP contribution in [0.5, 0.6) is 0 Å². The molecule has 43 valence electrons. The molecule has 0 rings (SSSR count). The molecule has 1 atom stereocenters. The minimum Gasteiger partial charge on any atom is -0.358 e. The van der Waals surface area contributed by atoms with Crippen LogP contribution in [0.25, 0.3) is 0 Å². The van der Waals surface area contributed by atoms with E-state index >= 15 is 0 Å². The predicted molar refractivity (Wildman–Crippen MR) is 30.9 cm³/mol. The maximum absolute atomic E-state index is 3.69. The summed E-state index contributed by atoms with van der Waals surface area (Å²) >= 11 is 0. The Morgan fingerprint density at radius 1 is 1.50 bits per heavy atom. The Morgan fingerprint density at radius 2 is 1.62 bits per heavy atom. The summed E-state index contributed by atoms with van der Waals surface area (Å²) in [5.41, 5.74) is 0. The zero-order valence-corrected chi connectivity index (χ0v) is 11.5. The maximum Gasteiger partial charge on any atom is 3.00 e. The van der Waals surface area contributed by atoms with E-state index in [4.69, 9.17) is 0 Å². The summed E-state index contributed by atoms with van der Waals surface area (Å²) in [6, 6.07) is 0. The Labute approximate surface area is 104 Å². The third kappa shape index (κ3) is 24.1. The van der Waals surface area contributed by atoms with Crippen LogP contribution in [0, 0.1) is 27.2 Å². The third-order valence-electron chi connectivity index (χ3n) is 0.493. The van der Waals surface area contributed by atoms with Gasteiger partial charge in [0.2, 0.25) is 0 Å². The fraction of sp³-hybridized carbons (Fsp3) is 0.500. The molecule has 0 aromatic rings. The van der Waals surface area contributed by atoms with E-state index in [9.17, 15) is 0 Å². The first-order valence-electron chi connectivity index (χ1n) is 1.89. The van der Waals surface area contributed by atoms with Gasteiger partial charge in [-0.3, -0.25) is 0 Å². The van der Waals surface area contributed by atoms with Gasteiger partial charge in [-0.2, -0.15) is 0 Å². The largest absolute Gasteiger partial charge is 3.00 e. The van der Waals surface area contributed by atoms with E-state index in [-0.39, 0.29) is 72.8 Å². The second-order valence-corrected chi connectivity index (χ2v) is 1.39. The Bertz CT molecular complexity index is 20.5. The van der Waals surface area contributed by atoms with Crippen molar-refractivity contribution in [3.63, 3.8) is 0 Å². The van der Waals surface area contributed by atoms with Crippen LogP contribution in [0.1, 0.15) is 13.3 Å². The van der Waals surface area contributed by atoms with Gasteiger partial charge in [0.15, 0.2) is 0 Å². The van der Waals surface area contributed by atoms with Crippen LogP contribution < -0.4 is 0 Å². The Balaban J connectivity index is -0.0000000267. The Hall–Kier alpha value is 2.21. The van der Waals surface area contributed by atoms with Gasteiger partial charge in [0.25, 0.3) is 0 Å². The zero-order valence-electron chi connectivity index (χ0n) is 5.85. The van der Waals surface area contributed by atoms with Gasteiger partial charge in [0.1, 0.15) is 0 Å². The van der Waals surface area contributed by atoms with E-state index in [2.05, 4.69) is 13.8 Å². The topological polar surface area (TPSA) is 0 Å². The molecular formula is C6H13Y2. The summed E-state index contributed by atoms with van der Waals surface area (Å²) in [5.74, 6) is 0.523. The fourth-order valence-electron chi connectivity index (χ4n) is 0. The monoisotopic (exact) mass is 263 g/mol. The van der Waals surface area contributed by atoms with E-state index in [1.165, 1.54) is 0 Å². The predicted octanol–water partition coefficient (Wildman–Crippen LogP) is 2.13. The minimum absolute atomic E-state index is 0. The molecule has 0 aliphatic heterocycles. The first kappa shape index (κ1) is 22.5. The summed E-state index contributed by atoms with van der Waals surface area (Å²) in [5, 5.41) is 0. The van der Waals surface area contributed by atoms with Gasteiger partial charge in [-0.1, -0.05) is 6.92 Å². The van der Waals surface area contributed by atoms with Crippen LogP contribution in [0.15, 0.2) is 0 Å². The van der Waals surface area contributed by atoms with Crippen LogP contribution in [-0.2, 0) is 65.4 Å². The molecule has 0 aromatic heterocycles. The van der Waals surface area contributed by atoms with E-state index in [1.54, 1.807) is 0 Å². The molecule has 0 amide bonds. The SMILES string of the molecule is [CH2-]C[C@H]([CH2-])C.[CH3-].[Y+3].[Y]. The third-order valence-corrected chi connectivity index (χ3v) is 0.493. The summed E-state index contributed by atoms with van der Waals surface area (Å²) in [7, 11) is 0. The van der Waals surface area contributed by atoms with E-state index in [1.807, 2.05) is 6.92 Å². The van der Waals surface area contributed by atoms with Crippen molar-refractivity contribution >= 4 is 0 Å². The van der Waals surface area contributed by atoms with Crippen molar-refractivity contribution in [1.29, 1.82) is 0 Å². The number of rotatable bonds is 1. The quantitative estimate of drug-likeness (QED) is 0.636. The van der Waals surface area contributed by atoms with Gasteiger partial charge < -0.3 is 21.3 Å². The standard InChI is InChI=1S/C5H10.CH3.2Y/c1-4-5(2)3;;;/h5H,1-2,4H2,3H3;1H3;;/q-2;-1;;+3/t5-;;;/m1.../s1. The molecule has 8 heavy (non-hydrogen) atoms. The van der Waals surface area contributed by atoms with Crippen molar-refractivity contribution in [1.82, 2.24) is 0 Å². The van der Waals surface area contributed by atoms with Gasteiger partial charge in [-0.15, -0.1) is 0 Å². The first-order chi connectivity index (χ1) is 2.27. The molecule has 0 aromatic carbocycles. The van der Waals surface area contributed by atoms with Crippen molar-refractivity contribution in [3.8, 4) is 0 Å². The van der Waals surface area contributed by atoms with Crippen LogP contribution in [0.4, 0.5) is 0 Å². The van der Waals surface area contributed by atoms with Crippen molar-refractivity contribution in [3.05, 3.63) is 21.3 Å². The van der Waals surface area contributed by atoms with Crippen molar-refractivity contribution in [2.24, 2.45) is 5.92 Å². The smallest absolute Gasteiger partial charge is 0.358 e. The van der Waals surface area contributed by atoms with Gasteiger partial charge in [0, 0.05) is 32.7 Å². The first-order valence-corrected chi connectivity index (χ1v) is 1.89. The van der Waals surface area contributed by atoms with E-state index in [0.29, 0.717) is 5.92 Å². The second kappa shape index (κ2) is 16.1. The van der Waals surface area contributed by atoms with Gasteiger partial charge in [-0.05, 0) is 0 Å². The Morgan fingerprint density at radius 3 is 1.62 bits per heavy atom. The van der Waals surface area contributed by atoms with Crippen LogP contribution in [0.2, 0.25) is 0 Å².